The summed E-state index contributed by atoms with van der Waals surface area (Å²) in [7, 11) is 0. The molecule has 6 nitrogen and oxygen atoms in total. The number of amides is 1. The molecule has 0 N–H and O–H groups in total. The van der Waals surface area contributed by atoms with Gasteiger partial charge in [0.1, 0.15) is 5.60 Å². The van der Waals surface area contributed by atoms with Crippen LogP contribution in [0.4, 0.5) is 4.79 Å². The van der Waals surface area contributed by atoms with Crippen molar-refractivity contribution < 1.29 is 14.3 Å². The number of pyridine rings is 2. The van der Waals surface area contributed by atoms with Gasteiger partial charge in [-0.15, -0.1) is 0 Å². The molecule has 0 spiro atoms. The van der Waals surface area contributed by atoms with E-state index < -0.39 is 5.60 Å². The number of fused-ring (bicyclic) bond motifs is 2. The summed E-state index contributed by atoms with van der Waals surface area (Å²) >= 11 is 0. The molecule has 1 aliphatic heterocycles. The zero-order chi connectivity index (χ0) is 25.3. The minimum absolute atomic E-state index is 0.0853. The Balaban J connectivity index is 1.57. The highest BCUT2D eigenvalue weighted by Crippen LogP contribution is 2.34. The number of hydrogen-bond acceptors (Lipinski definition) is 5. The molecule has 0 unspecified atom stereocenters. The Morgan fingerprint density at radius 1 is 1.06 bits per heavy atom. The van der Waals surface area contributed by atoms with Crippen molar-refractivity contribution >= 4 is 27.9 Å². The van der Waals surface area contributed by atoms with Gasteiger partial charge in [0, 0.05) is 54.0 Å². The van der Waals surface area contributed by atoms with Gasteiger partial charge in [0.2, 0.25) is 0 Å². The summed E-state index contributed by atoms with van der Waals surface area (Å²) < 4.78 is 11.4. The minimum Gasteiger partial charge on any atom is -0.444 e. The molecule has 0 atom stereocenters. The summed E-state index contributed by atoms with van der Waals surface area (Å²) in [6, 6.07) is 18.8. The molecule has 186 valence electrons. The van der Waals surface area contributed by atoms with Crippen molar-refractivity contribution in [3.8, 4) is 11.1 Å². The van der Waals surface area contributed by atoms with Crippen molar-refractivity contribution in [1.82, 2.24) is 14.9 Å². The first kappa shape index (κ1) is 24.2. The van der Waals surface area contributed by atoms with E-state index in [4.69, 9.17) is 14.5 Å². The van der Waals surface area contributed by atoms with E-state index in [2.05, 4.69) is 53.5 Å². The molecule has 0 bridgehead atoms. The van der Waals surface area contributed by atoms with Crippen molar-refractivity contribution in [3.05, 3.63) is 72.1 Å². The first-order valence-electron chi connectivity index (χ1n) is 12.6. The van der Waals surface area contributed by atoms with Crippen molar-refractivity contribution in [2.45, 2.75) is 58.7 Å². The van der Waals surface area contributed by atoms with E-state index >= 15 is 0 Å². The predicted molar refractivity (Wildman–Crippen MR) is 143 cm³/mol. The number of aryl methyl sites for hydroxylation is 1. The fraction of sp³-hybridized carbons (Fsp3) is 0.367. The highest BCUT2D eigenvalue weighted by atomic mass is 16.6. The average molecular weight is 484 g/mol. The normalized spacial score (nSPS) is 14.8. The molecule has 0 radical (unpaired) electrons. The second-order valence-corrected chi connectivity index (χ2v) is 10.5. The molecule has 5 rings (SSSR count). The Bertz CT molecular complexity index is 1400. The molecule has 1 amide bonds. The number of carbonyl (C=O) groups is 1. The van der Waals surface area contributed by atoms with Gasteiger partial charge in [-0.05, 0) is 75.9 Å². The maximum absolute atomic E-state index is 13.2. The molecular weight excluding hydrogens is 450 g/mol. The van der Waals surface area contributed by atoms with Crippen LogP contribution in [-0.2, 0) is 16.0 Å². The molecule has 36 heavy (non-hydrogen) atoms. The van der Waals surface area contributed by atoms with Crippen LogP contribution < -0.4 is 0 Å². The summed E-state index contributed by atoms with van der Waals surface area (Å²) in [6.45, 7) is 9.51. The van der Waals surface area contributed by atoms with E-state index in [1.807, 2.05) is 44.9 Å². The summed E-state index contributed by atoms with van der Waals surface area (Å²) in [5.41, 5.74) is 5.51. The van der Waals surface area contributed by atoms with Crippen LogP contribution in [-0.4, -0.2) is 45.8 Å². The molecule has 2 aromatic heterocycles. The van der Waals surface area contributed by atoms with Crippen LogP contribution >= 0.6 is 0 Å². The monoisotopic (exact) mass is 483 g/mol. The third-order valence-corrected chi connectivity index (χ3v) is 6.54. The van der Waals surface area contributed by atoms with Gasteiger partial charge >= 0.3 is 6.09 Å². The van der Waals surface area contributed by atoms with Gasteiger partial charge in [-0.3, -0.25) is 9.97 Å². The number of para-hydroxylation sites is 1. The number of aromatic nitrogens is 2. The lowest BCUT2D eigenvalue weighted by molar-refractivity contribution is -0.00807. The SMILES string of the molecule is Cc1cc(-c2cccc3cccnc23)c2cc(CN(C(=O)OC(C)(C)C)C3CCOCC3)ccc2n1. The van der Waals surface area contributed by atoms with Crippen molar-refractivity contribution in [2.75, 3.05) is 13.2 Å². The van der Waals surface area contributed by atoms with Crippen molar-refractivity contribution in [1.29, 1.82) is 0 Å². The molecule has 0 aliphatic carbocycles. The molecule has 2 aromatic carbocycles. The minimum atomic E-state index is -0.556. The second-order valence-electron chi connectivity index (χ2n) is 10.5. The van der Waals surface area contributed by atoms with Crippen LogP contribution in [0.25, 0.3) is 32.9 Å². The number of benzene rings is 2. The lowest BCUT2D eigenvalue weighted by Crippen LogP contribution is -2.45. The van der Waals surface area contributed by atoms with Crippen LogP contribution in [0.3, 0.4) is 0 Å². The zero-order valence-electron chi connectivity index (χ0n) is 21.5. The maximum Gasteiger partial charge on any atom is 0.410 e. The van der Waals surface area contributed by atoms with Crippen LogP contribution in [0.1, 0.15) is 44.9 Å². The molecule has 1 saturated heterocycles. The average Bonchev–Trinajstić information content (AvgIpc) is 2.86. The number of hydrogen-bond donors (Lipinski definition) is 0. The van der Waals surface area contributed by atoms with Gasteiger partial charge in [0.15, 0.2) is 0 Å². The Hall–Kier alpha value is -3.51. The Morgan fingerprint density at radius 3 is 2.61 bits per heavy atom. The fourth-order valence-electron chi connectivity index (χ4n) is 4.90. The smallest absolute Gasteiger partial charge is 0.410 e. The largest absolute Gasteiger partial charge is 0.444 e. The van der Waals surface area contributed by atoms with Crippen molar-refractivity contribution in [3.63, 3.8) is 0 Å². The Labute approximate surface area is 212 Å². The number of ether oxygens (including phenoxy) is 2. The predicted octanol–water partition coefficient (Wildman–Crippen LogP) is 6.67. The van der Waals surface area contributed by atoms with E-state index in [1.165, 1.54) is 0 Å². The third kappa shape index (κ3) is 5.19. The van der Waals surface area contributed by atoms with Gasteiger partial charge in [-0.25, -0.2) is 4.79 Å². The van der Waals surface area contributed by atoms with Gasteiger partial charge in [0.25, 0.3) is 0 Å². The first-order valence-corrected chi connectivity index (χ1v) is 12.6. The van der Waals surface area contributed by atoms with E-state index in [9.17, 15) is 4.79 Å². The lowest BCUT2D eigenvalue weighted by atomic mass is 9.96. The summed E-state index contributed by atoms with van der Waals surface area (Å²) in [6.07, 6.45) is 3.16. The van der Waals surface area contributed by atoms with E-state index in [-0.39, 0.29) is 12.1 Å². The number of rotatable bonds is 4. The Kier molecular flexibility index (Phi) is 6.63. The van der Waals surface area contributed by atoms with E-state index in [0.717, 1.165) is 57.0 Å². The fourth-order valence-corrected chi connectivity index (χ4v) is 4.90. The summed E-state index contributed by atoms with van der Waals surface area (Å²) in [4.78, 5) is 24.6. The second kappa shape index (κ2) is 9.86. The molecule has 1 fully saturated rings. The van der Waals surface area contributed by atoms with E-state index in [1.54, 1.807) is 0 Å². The van der Waals surface area contributed by atoms with Crippen LogP contribution in [0.15, 0.2) is 60.8 Å². The quantitative estimate of drug-likeness (QED) is 0.324. The molecule has 3 heterocycles. The highest BCUT2D eigenvalue weighted by molar-refractivity contribution is 6.03. The first-order chi connectivity index (χ1) is 17.3. The molecule has 0 saturated carbocycles. The molecule has 4 aromatic rings. The van der Waals surface area contributed by atoms with Crippen LogP contribution in [0, 0.1) is 6.92 Å². The van der Waals surface area contributed by atoms with Crippen LogP contribution in [0.5, 0.6) is 0 Å². The third-order valence-electron chi connectivity index (χ3n) is 6.54. The highest BCUT2D eigenvalue weighted by Gasteiger charge is 2.30. The van der Waals surface area contributed by atoms with Crippen LogP contribution in [0.2, 0.25) is 0 Å². The van der Waals surface area contributed by atoms with Gasteiger partial charge in [-0.2, -0.15) is 0 Å². The summed E-state index contributed by atoms with van der Waals surface area (Å²) in [5, 5.41) is 2.15. The topological polar surface area (TPSA) is 64.6 Å². The standard InChI is InChI=1S/C30H33N3O3/c1-20-17-25(24-9-5-7-22-8-6-14-31-28(22)24)26-18-21(10-11-27(26)32-20)19-33(23-12-15-35-16-13-23)29(34)36-30(2,3)4/h5-11,14,17-18,23H,12-13,15-16,19H2,1-4H3. The van der Waals surface area contributed by atoms with Crippen molar-refractivity contribution in [2.24, 2.45) is 0 Å². The van der Waals surface area contributed by atoms with E-state index in [0.29, 0.717) is 19.8 Å². The van der Waals surface area contributed by atoms with Gasteiger partial charge < -0.3 is 14.4 Å². The molecule has 1 aliphatic rings. The zero-order valence-corrected chi connectivity index (χ0v) is 21.5. The summed E-state index contributed by atoms with van der Waals surface area (Å²) in [5.74, 6) is 0. The molecular formula is C30H33N3O3. The lowest BCUT2D eigenvalue weighted by Gasteiger charge is -2.35. The maximum atomic E-state index is 13.2. The van der Waals surface area contributed by atoms with Gasteiger partial charge in [0.05, 0.1) is 11.0 Å². The molecule has 6 heteroatoms. The Morgan fingerprint density at radius 2 is 1.83 bits per heavy atom. The number of nitrogens with zero attached hydrogens (tertiary/aromatic N) is 3. The van der Waals surface area contributed by atoms with Gasteiger partial charge in [-0.1, -0.05) is 30.3 Å². The number of carbonyl (C=O) groups excluding carboxylic acids is 1.